The Morgan fingerprint density at radius 1 is 0.641 bits per heavy atom. The maximum absolute atomic E-state index is 14.0. The zero-order chi connectivity index (χ0) is 54.1. The monoisotopic (exact) mass is 1070 g/mol. The van der Waals surface area contributed by atoms with E-state index in [1.165, 1.54) is 174 Å². The van der Waals surface area contributed by atoms with E-state index in [2.05, 4.69) is 84.3 Å². The Bertz CT molecular complexity index is 2290. The minimum Gasteiger partial charge on any atom is -0.462 e. The van der Waals surface area contributed by atoms with Crippen LogP contribution in [0.1, 0.15) is 242 Å². The number of ether oxygens (including phenoxy) is 2. The van der Waals surface area contributed by atoms with Crippen molar-refractivity contribution in [2.45, 2.75) is 254 Å². The molecular weight excluding hydrogens is 957 g/mol. The molecule has 0 aromatic carbocycles. The fourth-order valence-corrected chi connectivity index (χ4v) is 24.8. The van der Waals surface area contributed by atoms with Gasteiger partial charge in [0, 0.05) is 32.4 Å². The summed E-state index contributed by atoms with van der Waals surface area (Å²) in [5.74, 6) is 10.6. The summed E-state index contributed by atoms with van der Waals surface area (Å²) < 4.78 is 13.2. The van der Waals surface area contributed by atoms with Crippen LogP contribution in [-0.2, 0) is 19.1 Å². The number of piperidine rings is 6. The normalized spacial score (nSPS) is 49.9. The fourth-order valence-electron chi connectivity index (χ4n) is 24.8. The first-order chi connectivity index (χ1) is 37.3. The number of hydrogen-bond acceptors (Lipinski definition) is 6. The van der Waals surface area contributed by atoms with E-state index in [0.29, 0.717) is 45.8 Å². The summed E-state index contributed by atoms with van der Waals surface area (Å²) in [5, 5.41) is 0. The lowest BCUT2D eigenvalue weighted by Gasteiger charge is -2.61. The number of carbonyl (C=O) groups excluding carboxylic acids is 2. The average molecular weight is 1070 g/mol. The van der Waals surface area contributed by atoms with E-state index in [4.69, 9.17) is 9.47 Å². The predicted octanol–water partition coefficient (Wildman–Crippen LogP) is 16.7. The van der Waals surface area contributed by atoms with Crippen molar-refractivity contribution in [2.75, 3.05) is 39.3 Å². The van der Waals surface area contributed by atoms with Gasteiger partial charge in [-0.1, -0.05) is 118 Å². The third-order valence-corrected chi connectivity index (χ3v) is 29.2. The SMILES string of the molecule is CC(C)CCC[C@@H](CC1C=C2C[C@@H](OC(=O)CC3CN4CCC3CC4)CC[C@]2(C)[C@H]2CC[C@@]3(C)[C@@H](CC[C@@]34C[C@]4(C)CCCC(C)C)[C@H]12)[C@H]1CC[C@H]2[C@@H]3CC=C4C[C@@H](OC(=O)C5CN6CCC5CC6)CC[C@]4(C)[C@H]3CC[C@]12C. The number of rotatable bonds is 16. The van der Waals surface area contributed by atoms with Gasteiger partial charge in [0.15, 0.2) is 0 Å². The molecule has 1 spiro atoms. The van der Waals surface area contributed by atoms with Gasteiger partial charge in [0.1, 0.15) is 12.2 Å². The summed E-state index contributed by atoms with van der Waals surface area (Å²) >= 11 is 0. The third-order valence-electron chi connectivity index (χ3n) is 29.2. The molecule has 6 aliphatic heterocycles. The second kappa shape index (κ2) is 20.8. The van der Waals surface area contributed by atoms with Crippen molar-refractivity contribution in [3.8, 4) is 0 Å². The lowest BCUT2D eigenvalue weighted by molar-refractivity contribution is -0.163. The van der Waals surface area contributed by atoms with Gasteiger partial charge in [-0.05, 0) is 270 Å². The minimum absolute atomic E-state index is 0.0511. The van der Waals surface area contributed by atoms with E-state index >= 15 is 0 Å². The number of carbonyl (C=O) groups is 2. The van der Waals surface area contributed by atoms with Crippen LogP contribution in [0.3, 0.4) is 0 Å². The van der Waals surface area contributed by atoms with E-state index in [-0.39, 0.29) is 40.9 Å². The van der Waals surface area contributed by atoms with Gasteiger partial charge in [-0.3, -0.25) is 9.59 Å². The summed E-state index contributed by atoms with van der Waals surface area (Å²) in [5.41, 5.74) is 5.80. The Balaban J connectivity index is 0.763. The lowest BCUT2D eigenvalue weighted by atomic mass is 9.43. The molecule has 6 saturated heterocycles. The first kappa shape index (κ1) is 55.5. The van der Waals surface area contributed by atoms with E-state index in [9.17, 15) is 9.59 Å². The van der Waals surface area contributed by atoms with Crippen LogP contribution >= 0.6 is 0 Å². The van der Waals surface area contributed by atoms with Gasteiger partial charge in [0.05, 0.1) is 5.92 Å². The minimum atomic E-state index is 0.0511. The Hall–Kier alpha value is -1.66. The molecule has 0 radical (unpaired) electrons. The standard InChI is InChI=1S/C72H114N2O4/c1-46(2)12-10-14-50(59-17-18-60-57-16-15-53-41-56(20-29-68(53,6)61(57)21-31-70(59,60)8)78-66(76)58-44-74-36-26-49(58)27-37-74)38-51-39-54-42-55(77-64(75)40-52-43-73-34-24-48(52)25-35-73)19-30-69(54,7)62-22-32-71(9)63(65(51)62)23-33-72(71)45-67(72,5)28-11-13-47(3)4/h15,39,46-52,55-63,65H,10-14,16-38,40-45H2,1-9H3/t50-,51?,52?,55-,56-,57-,58?,59+,60-,61-,62-,63-,65+,67-,68-,69-,70+,71-,72-/m0/s1. The molecule has 0 amide bonds. The molecular formula is C72H114N2O4. The zero-order valence-corrected chi connectivity index (χ0v) is 51.5. The van der Waals surface area contributed by atoms with E-state index in [1.54, 1.807) is 11.1 Å². The number of hydrogen-bond donors (Lipinski definition) is 0. The summed E-state index contributed by atoms with van der Waals surface area (Å²) in [6.45, 7) is 30.5. The topological polar surface area (TPSA) is 59.1 Å². The maximum atomic E-state index is 14.0. The van der Waals surface area contributed by atoms with Gasteiger partial charge in [-0.2, -0.15) is 0 Å². The molecule has 4 bridgehead atoms. The van der Waals surface area contributed by atoms with Crippen molar-refractivity contribution < 1.29 is 19.1 Å². The van der Waals surface area contributed by atoms with Crippen molar-refractivity contribution in [1.29, 1.82) is 0 Å². The summed E-state index contributed by atoms with van der Waals surface area (Å²) in [6, 6.07) is 0. The second-order valence-corrected chi connectivity index (χ2v) is 33.5. The quantitative estimate of drug-likeness (QED) is 0.113. The van der Waals surface area contributed by atoms with Crippen LogP contribution in [0.5, 0.6) is 0 Å². The molecule has 78 heavy (non-hydrogen) atoms. The van der Waals surface area contributed by atoms with Crippen LogP contribution in [0.25, 0.3) is 0 Å². The number of fused-ring (bicyclic) bond motifs is 17. The molecule has 7 saturated carbocycles. The summed E-state index contributed by atoms with van der Waals surface area (Å²) in [7, 11) is 0. The van der Waals surface area contributed by atoms with Gasteiger partial charge < -0.3 is 19.3 Å². The van der Waals surface area contributed by atoms with Gasteiger partial charge in [-0.15, -0.1) is 0 Å². The van der Waals surface area contributed by atoms with Gasteiger partial charge in [0.25, 0.3) is 0 Å². The van der Waals surface area contributed by atoms with Crippen molar-refractivity contribution in [3.63, 3.8) is 0 Å². The molecule has 3 unspecified atom stereocenters. The number of esters is 2. The smallest absolute Gasteiger partial charge is 0.310 e. The maximum Gasteiger partial charge on any atom is 0.310 e. The first-order valence-electron chi connectivity index (χ1n) is 34.6. The van der Waals surface area contributed by atoms with Crippen molar-refractivity contribution in [3.05, 3.63) is 23.3 Å². The highest BCUT2D eigenvalue weighted by Gasteiger charge is 2.77. The molecule has 9 aliphatic carbocycles. The Kier molecular flexibility index (Phi) is 14.8. The second-order valence-electron chi connectivity index (χ2n) is 33.5. The molecule has 15 aliphatic rings. The first-order valence-corrected chi connectivity index (χ1v) is 34.6. The third kappa shape index (κ3) is 9.30. The molecule has 0 N–H and O–H groups in total. The average Bonchev–Trinajstić information content (AvgIpc) is 2.43. The molecule has 0 aromatic heterocycles. The molecule has 436 valence electrons. The largest absolute Gasteiger partial charge is 0.462 e. The van der Waals surface area contributed by atoms with Crippen molar-refractivity contribution in [2.24, 2.45) is 121 Å². The van der Waals surface area contributed by atoms with E-state index in [0.717, 1.165) is 104 Å². The van der Waals surface area contributed by atoms with E-state index < -0.39 is 0 Å². The van der Waals surface area contributed by atoms with Crippen LogP contribution in [0.2, 0.25) is 0 Å². The van der Waals surface area contributed by atoms with Gasteiger partial charge >= 0.3 is 11.9 Å². The summed E-state index contributed by atoms with van der Waals surface area (Å²) in [6.07, 6.45) is 41.9. The highest BCUT2D eigenvalue weighted by molar-refractivity contribution is 5.73. The highest BCUT2D eigenvalue weighted by Crippen LogP contribution is 2.85. The molecule has 6 nitrogen and oxygen atoms in total. The number of nitrogens with zero attached hydrogens (tertiary/aromatic N) is 2. The molecule has 13 fully saturated rings. The van der Waals surface area contributed by atoms with E-state index in [1.807, 2.05) is 0 Å². The van der Waals surface area contributed by atoms with Crippen LogP contribution in [0.4, 0.5) is 0 Å². The van der Waals surface area contributed by atoms with Crippen LogP contribution in [0, 0.1) is 121 Å². The van der Waals surface area contributed by atoms with Crippen molar-refractivity contribution >= 4 is 11.9 Å². The molecule has 6 heteroatoms. The van der Waals surface area contributed by atoms with Crippen LogP contribution < -0.4 is 0 Å². The summed E-state index contributed by atoms with van der Waals surface area (Å²) in [4.78, 5) is 32.8. The van der Waals surface area contributed by atoms with Gasteiger partial charge in [-0.25, -0.2) is 0 Å². The highest BCUT2D eigenvalue weighted by atomic mass is 16.5. The van der Waals surface area contributed by atoms with Crippen LogP contribution in [-0.4, -0.2) is 73.2 Å². The van der Waals surface area contributed by atoms with Crippen molar-refractivity contribution in [1.82, 2.24) is 9.80 Å². The molecule has 15 rings (SSSR count). The lowest BCUT2D eigenvalue weighted by Crippen LogP contribution is -2.54. The number of allylic oxidation sites excluding steroid dienone is 2. The molecule has 19 atom stereocenters. The van der Waals surface area contributed by atoms with Gasteiger partial charge in [0.2, 0.25) is 0 Å². The Morgan fingerprint density at radius 3 is 1.99 bits per heavy atom. The Morgan fingerprint density at radius 2 is 1.29 bits per heavy atom. The predicted molar refractivity (Wildman–Crippen MR) is 316 cm³/mol. The fraction of sp³-hybridized carbons (Fsp3) is 0.917. The Labute approximate surface area is 476 Å². The molecule has 6 heterocycles. The molecule has 0 aromatic rings. The van der Waals surface area contributed by atoms with Crippen LogP contribution in [0.15, 0.2) is 23.3 Å². The zero-order valence-electron chi connectivity index (χ0n) is 51.5.